The second kappa shape index (κ2) is 5.14. The highest BCUT2D eigenvalue weighted by molar-refractivity contribution is 4.87. The molecule has 0 aromatic rings. The molecule has 17 heavy (non-hydrogen) atoms. The summed E-state index contributed by atoms with van der Waals surface area (Å²) < 4.78 is 38.1. The third-order valence-electron chi connectivity index (χ3n) is 4.08. The number of aliphatic hydroxyl groups is 1. The predicted molar refractivity (Wildman–Crippen MR) is 58.6 cm³/mol. The van der Waals surface area contributed by atoms with E-state index in [1.165, 1.54) is 0 Å². The van der Waals surface area contributed by atoms with Gasteiger partial charge in [-0.1, -0.05) is 12.8 Å². The molecule has 2 fully saturated rings. The molecule has 0 amide bonds. The number of piperidine rings is 1. The Kier molecular flexibility index (Phi) is 3.98. The van der Waals surface area contributed by atoms with Gasteiger partial charge in [0.15, 0.2) is 0 Å². The van der Waals surface area contributed by atoms with Crippen LogP contribution in [0.3, 0.4) is 0 Å². The lowest BCUT2D eigenvalue weighted by atomic mass is 9.88. The molecule has 2 rings (SSSR count). The van der Waals surface area contributed by atoms with Gasteiger partial charge >= 0.3 is 6.18 Å². The first-order valence-corrected chi connectivity index (χ1v) is 6.47. The number of nitrogens with zero attached hydrogens (tertiary/aromatic N) is 1. The molecule has 100 valence electrons. The smallest absolute Gasteiger partial charge is 0.391 e. The largest absolute Gasteiger partial charge is 0.393 e. The number of aliphatic hydroxyl groups excluding tert-OH is 1. The van der Waals surface area contributed by atoms with Gasteiger partial charge in [0.05, 0.1) is 12.0 Å². The molecule has 1 aliphatic heterocycles. The first kappa shape index (κ1) is 13.1. The molecule has 2 nitrogen and oxygen atoms in total. The molecule has 1 saturated carbocycles. The summed E-state index contributed by atoms with van der Waals surface area (Å²) in [5.74, 6) is -1.20. The van der Waals surface area contributed by atoms with Crippen molar-refractivity contribution in [2.45, 2.75) is 56.8 Å². The predicted octanol–water partition coefficient (Wildman–Crippen LogP) is 2.56. The van der Waals surface area contributed by atoms with Gasteiger partial charge in [0.1, 0.15) is 0 Å². The van der Waals surface area contributed by atoms with Gasteiger partial charge in [-0.3, -0.25) is 4.90 Å². The molecular weight excluding hydrogens is 231 g/mol. The minimum atomic E-state index is -4.09. The lowest BCUT2D eigenvalue weighted by molar-refractivity contribution is -0.191. The van der Waals surface area contributed by atoms with E-state index < -0.39 is 18.2 Å². The molecule has 1 N–H and O–H groups in total. The van der Waals surface area contributed by atoms with Crippen molar-refractivity contribution < 1.29 is 18.3 Å². The number of hydrogen-bond donors (Lipinski definition) is 1. The zero-order valence-corrected chi connectivity index (χ0v) is 9.92. The summed E-state index contributed by atoms with van der Waals surface area (Å²) in [6.07, 6.45) is -0.1000. The number of alkyl halides is 3. The van der Waals surface area contributed by atoms with Crippen LogP contribution in [-0.2, 0) is 0 Å². The van der Waals surface area contributed by atoms with Crippen molar-refractivity contribution in [3.05, 3.63) is 0 Å². The van der Waals surface area contributed by atoms with Gasteiger partial charge in [-0.2, -0.15) is 13.2 Å². The highest BCUT2D eigenvalue weighted by Gasteiger charge is 2.43. The molecule has 0 bridgehead atoms. The van der Waals surface area contributed by atoms with Gasteiger partial charge < -0.3 is 5.11 Å². The Bertz CT molecular complexity index is 257. The van der Waals surface area contributed by atoms with E-state index in [2.05, 4.69) is 0 Å². The SMILES string of the molecule is O[C@H]1CCCC[C@@H]1N1CCCC(C(F)(F)F)C1. The maximum atomic E-state index is 12.7. The Morgan fingerprint density at radius 2 is 1.71 bits per heavy atom. The van der Waals surface area contributed by atoms with E-state index in [-0.39, 0.29) is 19.0 Å². The Balaban J connectivity index is 1.96. The Labute approximate surface area is 99.8 Å². The fourth-order valence-corrected chi connectivity index (χ4v) is 3.09. The highest BCUT2D eigenvalue weighted by Crippen LogP contribution is 2.35. The molecule has 0 aromatic carbocycles. The standard InChI is InChI=1S/C12H20F3NO/c13-12(14,15)9-4-3-7-16(8-9)10-5-1-2-6-11(10)17/h9-11,17H,1-8H2/t9?,10-,11-/m0/s1. The van der Waals surface area contributed by atoms with E-state index in [1.54, 1.807) is 0 Å². The summed E-state index contributed by atoms with van der Waals surface area (Å²) in [6.45, 7) is 0.777. The molecule has 1 aliphatic carbocycles. The van der Waals surface area contributed by atoms with Gasteiger partial charge in [-0.05, 0) is 32.2 Å². The fraction of sp³-hybridized carbons (Fsp3) is 1.00. The topological polar surface area (TPSA) is 23.5 Å². The van der Waals surface area contributed by atoms with Crippen LogP contribution in [0.2, 0.25) is 0 Å². The zero-order chi connectivity index (χ0) is 12.5. The van der Waals surface area contributed by atoms with Crippen molar-refractivity contribution in [1.29, 1.82) is 0 Å². The Morgan fingerprint density at radius 1 is 1.00 bits per heavy atom. The first-order valence-electron chi connectivity index (χ1n) is 6.47. The van der Waals surface area contributed by atoms with Crippen LogP contribution in [-0.4, -0.2) is 41.4 Å². The van der Waals surface area contributed by atoms with Gasteiger partial charge in [0.2, 0.25) is 0 Å². The molecule has 2 aliphatic rings. The van der Waals surface area contributed by atoms with Crippen molar-refractivity contribution in [3.8, 4) is 0 Å². The van der Waals surface area contributed by atoms with Crippen molar-refractivity contribution in [3.63, 3.8) is 0 Å². The Morgan fingerprint density at radius 3 is 2.35 bits per heavy atom. The van der Waals surface area contributed by atoms with E-state index in [1.807, 2.05) is 4.90 Å². The van der Waals surface area contributed by atoms with Crippen LogP contribution < -0.4 is 0 Å². The van der Waals surface area contributed by atoms with Crippen molar-refractivity contribution in [2.75, 3.05) is 13.1 Å². The molecule has 1 heterocycles. The van der Waals surface area contributed by atoms with Crippen LogP contribution >= 0.6 is 0 Å². The van der Waals surface area contributed by atoms with E-state index in [4.69, 9.17) is 0 Å². The monoisotopic (exact) mass is 251 g/mol. The minimum absolute atomic E-state index is 0.0473. The molecule has 3 atom stereocenters. The average molecular weight is 251 g/mol. The van der Waals surface area contributed by atoms with E-state index >= 15 is 0 Å². The fourth-order valence-electron chi connectivity index (χ4n) is 3.09. The Hall–Kier alpha value is -0.290. The summed E-state index contributed by atoms with van der Waals surface area (Å²) >= 11 is 0. The quantitative estimate of drug-likeness (QED) is 0.774. The average Bonchev–Trinajstić information content (AvgIpc) is 2.29. The summed E-state index contributed by atoms with van der Waals surface area (Å²) in [4.78, 5) is 1.87. The first-order chi connectivity index (χ1) is 7.98. The molecule has 5 heteroatoms. The lowest BCUT2D eigenvalue weighted by Gasteiger charge is -2.42. The number of halogens is 3. The molecule has 1 unspecified atom stereocenters. The van der Waals surface area contributed by atoms with Crippen molar-refractivity contribution in [2.24, 2.45) is 5.92 Å². The number of hydrogen-bond acceptors (Lipinski definition) is 2. The summed E-state index contributed by atoms with van der Waals surface area (Å²) in [5.41, 5.74) is 0. The van der Waals surface area contributed by atoms with E-state index in [0.717, 1.165) is 25.7 Å². The van der Waals surface area contributed by atoms with Crippen LogP contribution in [0, 0.1) is 5.92 Å². The summed E-state index contributed by atoms with van der Waals surface area (Å²) in [7, 11) is 0. The minimum Gasteiger partial charge on any atom is -0.391 e. The molecule has 1 saturated heterocycles. The van der Waals surface area contributed by atoms with Crippen molar-refractivity contribution in [1.82, 2.24) is 4.90 Å². The zero-order valence-electron chi connectivity index (χ0n) is 9.92. The van der Waals surface area contributed by atoms with E-state index in [9.17, 15) is 18.3 Å². The maximum absolute atomic E-state index is 12.7. The molecule has 0 radical (unpaired) electrons. The lowest BCUT2D eigenvalue weighted by Crippen LogP contribution is -2.51. The second-order valence-electron chi connectivity index (χ2n) is 5.29. The molecule has 0 spiro atoms. The van der Waals surface area contributed by atoms with Crippen LogP contribution in [0.5, 0.6) is 0 Å². The third kappa shape index (κ3) is 3.13. The van der Waals surface area contributed by atoms with Gasteiger partial charge in [-0.15, -0.1) is 0 Å². The number of rotatable bonds is 1. The summed E-state index contributed by atoms with van der Waals surface area (Å²) in [5, 5.41) is 9.89. The maximum Gasteiger partial charge on any atom is 0.393 e. The van der Waals surface area contributed by atoms with E-state index in [0.29, 0.717) is 13.0 Å². The second-order valence-corrected chi connectivity index (χ2v) is 5.29. The molecule has 0 aromatic heterocycles. The molecular formula is C12H20F3NO. The summed E-state index contributed by atoms with van der Waals surface area (Å²) in [6, 6.07) is -0.0473. The third-order valence-corrected chi connectivity index (χ3v) is 4.08. The van der Waals surface area contributed by atoms with Crippen LogP contribution in [0.1, 0.15) is 38.5 Å². The number of likely N-dealkylation sites (tertiary alicyclic amines) is 1. The van der Waals surface area contributed by atoms with Crippen LogP contribution in [0.15, 0.2) is 0 Å². The van der Waals surface area contributed by atoms with Crippen LogP contribution in [0.4, 0.5) is 13.2 Å². The van der Waals surface area contributed by atoms with Crippen LogP contribution in [0.25, 0.3) is 0 Å². The van der Waals surface area contributed by atoms with Gasteiger partial charge in [-0.25, -0.2) is 0 Å². The normalized spacial score (nSPS) is 37.1. The van der Waals surface area contributed by atoms with Crippen molar-refractivity contribution >= 4 is 0 Å². The highest BCUT2D eigenvalue weighted by atomic mass is 19.4. The van der Waals surface area contributed by atoms with Gasteiger partial charge in [0.25, 0.3) is 0 Å². The van der Waals surface area contributed by atoms with Gasteiger partial charge in [0, 0.05) is 12.6 Å².